The second-order valence-corrected chi connectivity index (χ2v) is 3.96. The number of nitrogens with zero attached hydrogens (tertiary/aromatic N) is 1. The van der Waals surface area contributed by atoms with Gasteiger partial charge in [-0.05, 0) is 30.7 Å². The minimum Gasteiger partial charge on any atom is -0.478 e. The van der Waals surface area contributed by atoms with E-state index in [4.69, 9.17) is 10.8 Å². The largest absolute Gasteiger partial charge is 0.478 e. The molecule has 92 valence electrons. The molecule has 0 atom stereocenters. The normalized spacial score (nSPS) is 10.1. The first-order valence-corrected chi connectivity index (χ1v) is 5.39. The van der Waals surface area contributed by atoms with E-state index in [9.17, 15) is 4.79 Å². The first kappa shape index (κ1) is 11.9. The fraction of sp³-hybridized carbons (Fsp3) is 0.0769. The fourth-order valence-electron chi connectivity index (χ4n) is 1.56. The summed E-state index contributed by atoms with van der Waals surface area (Å²) in [6.45, 7) is 1.98. The Morgan fingerprint density at radius 3 is 2.78 bits per heavy atom. The minimum atomic E-state index is -1.05. The van der Waals surface area contributed by atoms with Crippen LogP contribution in [0.3, 0.4) is 0 Å². The van der Waals surface area contributed by atoms with Crippen molar-refractivity contribution in [2.24, 2.45) is 0 Å². The lowest BCUT2D eigenvalue weighted by molar-refractivity contribution is 0.0696. The third-order valence-corrected chi connectivity index (χ3v) is 2.44. The molecule has 1 aromatic heterocycles. The highest BCUT2D eigenvalue weighted by molar-refractivity contribution is 5.89. The number of aryl methyl sites for hydroxylation is 1. The molecule has 2 rings (SSSR count). The Hall–Kier alpha value is -2.56. The summed E-state index contributed by atoms with van der Waals surface area (Å²) >= 11 is 0. The van der Waals surface area contributed by atoms with Crippen molar-refractivity contribution in [3.05, 3.63) is 47.7 Å². The standard InChI is InChI=1S/C13H13N3O2/c1-8-3-2-4-10(5-8)16-12-11(14)6-9(7-15-12)13(17)18/h2-7H,14H2,1H3,(H,15,16)(H,17,18). The number of nitrogen functional groups attached to an aromatic ring is 1. The molecular formula is C13H13N3O2. The van der Waals surface area contributed by atoms with Gasteiger partial charge in [-0.1, -0.05) is 12.1 Å². The third kappa shape index (κ3) is 2.57. The molecule has 1 heterocycles. The summed E-state index contributed by atoms with van der Waals surface area (Å²) < 4.78 is 0. The predicted molar refractivity (Wildman–Crippen MR) is 70.1 cm³/mol. The highest BCUT2D eigenvalue weighted by Gasteiger charge is 2.07. The number of carbonyl (C=O) groups is 1. The van der Waals surface area contributed by atoms with Gasteiger partial charge in [0, 0.05) is 11.9 Å². The van der Waals surface area contributed by atoms with E-state index in [1.54, 1.807) is 0 Å². The van der Waals surface area contributed by atoms with Gasteiger partial charge >= 0.3 is 5.97 Å². The Kier molecular flexibility index (Phi) is 3.14. The summed E-state index contributed by atoms with van der Waals surface area (Å²) in [5.74, 6) is -0.595. The molecule has 0 amide bonds. The van der Waals surface area contributed by atoms with Crippen LogP contribution in [-0.2, 0) is 0 Å². The van der Waals surface area contributed by atoms with Gasteiger partial charge in [-0.3, -0.25) is 0 Å². The Labute approximate surface area is 104 Å². The van der Waals surface area contributed by atoms with Crippen LogP contribution < -0.4 is 11.1 Å². The molecule has 2 aromatic rings. The van der Waals surface area contributed by atoms with Gasteiger partial charge in [0.1, 0.15) is 0 Å². The van der Waals surface area contributed by atoms with E-state index in [0.717, 1.165) is 11.3 Å². The first-order chi connectivity index (χ1) is 8.56. The molecule has 0 saturated heterocycles. The van der Waals surface area contributed by atoms with Gasteiger partial charge in [0.05, 0.1) is 11.3 Å². The van der Waals surface area contributed by atoms with Crippen molar-refractivity contribution in [2.45, 2.75) is 6.92 Å². The lowest BCUT2D eigenvalue weighted by Crippen LogP contribution is -2.03. The molecule has 5 heteroatoms. The van der Waals surface area contributed by atoms with Crippen molar-refractivity contribution in [1.29, 1.82) is 0 Å². The van der Waals surface area contributed by atoms with Crippen LogP contribution in [0.15, 0.2) is 36.5 Å². The molecular weight excluding hydrogens is 230 g/mol. The lowest BCUT2D eigenvalue weighted by atomic mass is 10.2. The molecule has 0 bridgehead atoms. The van der Waals surface area contributed by atoms with Gasteiger partial charge in [-0.15, -0.1) is 0 Å². The Balaban J connectivity index is 2.27. The van der Waals surface area contributed by atoms with Crippen molar-refractivity contribution < 1.29 is 9.90 Å². The van der Waals surface area contributed by atoms with Crippen LogP contribution in [0.2, 0.25) is 0 Å². The van der Waals surface area contributed by atoms with Crippen LogP contribution in [0, 0.1) is 6.92 Å². The molecule has 0 spiro atoms. The number of hydrogen-bond acceptors (Lipinski definition) is 4. The zero-order chi connectivity index (χ0) is 13.1. The highest BCUT2D eigenvalue weighted by Crippen LogP contribution is 2.21. The quantitative estimate of drug-likeness (QED) is 0.770. The monoisotopic (exact) mass is 243 g/mol. The second kappa shape index (κ2) is 4.75. The van der Waals surface area contributed by atoms with E-state index >= 15 is 0 Å². The topological polar surface area (TPSA) is 88.2 Å². The average Bonchev–Trinajstić information content (AvgIpc) is 2.31. The zero-order valence-electron chi connectivity index (χ0n) is 9.84. The van der Waals surface area contributed by atoms with Crippen molar-refractivity contribution in [1.82, 2.24) is 4.98 Å². The van der Waals surface area contributed by atoms with Crippen LogP contribution in [0.5, 0.6) is 0 Å². The molecule has 0 aliphatic rings. The lowest BCUT2D eigenvalue weighted by Gasteiger charge is -2.09. The molecule has 0 aliphatic carbocycles. The number of nitrogens with two attached hydrogens (primary N) is 1. The molecule has 0 saturated carbocycles. The number of hydrogen-bond donors (Lipinski definition) is 3. The Morgan fingerprint density at radius 2 is 2.17 bits per heavy atom. The summed E-state index contributed by atoms with van der Waals surface area (Å²) in [5, 5.41) is 11.9. The fourth-order valence-corrected chi connectivity index (χ4v) is 1.56. The molecule has 4 N–H and O–H groups in total. The van der Waals surface area contributed by atoms with Gasteiger partial charge in [-0.2, -0.15) is 0 Å². The summed E-state index contributed by atoms with van der Waals surface area (Å²) in [7, 11) is 0. The van der Waals surface area contributed by atoms with Gasteiger partial charge in [-0.25, -0.2) is 9.78 Å². The van der Waals surface area contributed by atoms with E-state index in [1.807, 2.05) is 31.2 Å². The number of carboxylic acids is 1. The summed E-state index contributed by atoms with van der Waals surface area (Å²) in [6.07, 6.45) is 1.27. The molecule has 5 nitrogen and oxygen atoms in total. The van der Waals surface area contributed by atoms with Crippen LogP contribution in [0.25, 0.3) is 0 Å². The van der Waals surface area contributed by atoms with Gasteiger partial charge in [0.15, 0.2) is 5.82 Å². The molecule has 0 radical (unpaired) electrons. The number of pyridine rings is 1. The smallest absolute Gasteiger partial charge is 0.337 e. The Morgan fingerprint density at radius 1 is 1.39 bits per heavy atom. The number of nitrogens with one attached hydrogen (secondary N) is 1. The van der Waals surface area contributed by atoms with E-state index in [-0.39, 0.29) is 5.56 Å². The molecule has 0 unspecified atom stereocenters. The molecule has 0 aliphatic heterocycles. The number of rotatable bonds is 3. The Bertz CT molecular complexity index is 597. The number of aromatic nitrogens is 1. The molecule has 1 aromatic carbocycles. The summed E-state index contributed by atoms with van der Waals surface area (Å²) in [6, 6.07) is 9.12. The average molecular weight is 243 g/mol. The minimum absolute atomic E-state index is 0.0716. The third-order valence-electron chi connectivity index (χ3n) is 2.44. The van der Waals surface area contributed by atoms with Crippen molar-refractivity contribution in [2.75, 3.05) is 11.1 Å². The van der Waals surface area contributed by atoms with Gasteiger partial charge in [0.2, 0.25) is 0 Å². The SMILES string of the molecule is Cc1cccc(Nc2ncc(C(=O)O)cc2N)c1. The summed E-state index contributed by atoms with van der Waals surface area (Å²) in [4.78, 5) is 14.8. The number of anilines is 3. The molecule has 0 fully saturated rings. The van der Waals surface area contributed by atoms with Crippen molar-refractivity contribution >= 4 is 23.2 Å². The first-order valence-electron chi connectivity index (χ1n) is 5.39. The van der Waals surface area contributed by atoms with E-state index < -0.39 is 5.97 Å². The predicted octanol–water partition coefficient (Wildman–Crippen LogP) is 2.41. The second-order valence-electron chi connectivity index (χ2n) is 3.96. The summed E-state index contributed by atoms with van der Waals surface area (Å²) in [5.41, 5.74) is 8.10. The van der Waals surface area contributed by atoms with E-state index in [0.29, 0.717) is 11.5 Å². The van der Waals surface area contributed by atoms with Crippen LogP contribution in [0.4, 0.5) is 17.2 Å². The maximum Gasteiger partial charge on any atom is 0.337 e. The van der Waals surface area contributed by atoms with Crippen molar-refractivity contribution in [3.63, 3.8) is 0 Å². The van der Waals surface area contributed by atoms with Crippen molar-refractivity contribution in [3.8, 4) is 0 Å². The maximum absolute atomic E-state index is 10.8. The van der Waals surface area contributed by atoms with Crippen LogP contribution in [-0.4, -0.2) is 16.1 Å². The van der Waals surface area contributed by atoms with Gasteiger partial charge in [0.25, 0.3) is 0 Å². The maximum atomic E-state index is 10.8. The highest BCUT2D eigenvalue weighted by atomic mass is 16.4. The van der Waals surface area contributed by atoms with Gasteiger partial charge < -0.3 is 16.2 Å². The number of carboxylic acid groups (broad SMARTS) is 1. The number of benzene rings is 1. The van der Waals surface area contributed by atoms with E-state index in [2.05, 4.69) is 10.3 Å². The van der Waals surface area contributed by atoms with Crippen LogP contribution in [0.1, 0.15) is 15.9 Å². The number of aromatic carboxylic acids is 1. The van der Waals surface area contributed by atoms with Crippen LogP contribution >= 0.6 is 0 Å². The zero-order valence-corrected chi connectivity index (χ0v) is 9.84. The van der Waals surface area contributed by atoms with E-state index in [1.165, 1.54) is 12.3 Å². The molecule has 18 heavy (non-hydrogen) atoms.